The number of nitrogens with two attached hydrogens (primary N) is 1. The van der Waals surface area contributed by atoms with Crippen molar-refractivity contribution in [1.29, 1.82) is 0 Å². The van der Waals surface area contributed by atoms with Crippen LogP contribution in [-0.4, -0.2) is 28.5 Å². The number of thiazole rings is 1. The Labute approximate surface area is 114 Å². The van der Waals surface area contributed by atoms with Crippen molar-refractivity contribution < 1.29 is 0 Å². The highest BCUT2D eigenvalue weighted by Crippen LogP contribution is 2.21. The van der Waals surface area contributed by atoms with Gasteiger partial charge in [0.2, 0.25) is 0 Å². The average Bonchev–Trinajstić information content (AvgIpc) is 2.64. The van der Waals surface area contributed by atoms with Gasteiger partial charge in [0.25, 0.3) is 0 Å². The Morgan fingerprint density at radius 1 is 1.59 bits per heavy atom. The molecule has 1 aliphatic rings. The van der Waals surface area contributed by atoms with Crippen LogP contribution in [0.25, 0.3) is 0 Å². The summed E-state index contributed by atoms with van der Waals surface area (Å²) >= 11 is 1.73. The lowest BCUT2D eigenvalue weighted by atomic mass is 9.97. The standard InChI is InChI=1S/C12H21N3S.ClH/c1-9(13)12-5-3-4-6-15(12)7-11-8-16-10(2)14-11;/h8-9,12H,3-7,13H2,1-2H3;1H. The summed E-state index contributed by atoms with van der Waals surface area (Å²) in [5, 5.41) is 3.33. The maximum absolute atomic E-state index is 6.06. The Morgan fingerprint density at radius 3 is 2.94 bits per heavy atom. The van der Waals surface area contributed by atoms with E-state index in [2.05, 4.69) is 29.1 Å². The van der Waals surface area contributed by atoms with Crippen LogP contribution in [0.15, 0.2) is 5.38 Å². The monoisotopic (exact) mass is 275 g/mol. The highest BCUT2D eigenvalue weighted by Gasteiger charge is 2.25. The van der Waals surface area contributed by atoms with Gasteiger partial charge in [-0.25, -0.2) is 4.98 Å². The van der Waals surface area contributed by atoms with E-state index in [1.807, 2.05) is 0 Å². The van der Waals surface area contributed by atoms with Crippen LogP contribution in [0.2, 0.25) is 0 Å². The number of nitrogens with zero attached hydrogens (tertiary/aromatic N) is 2. The van der Waals surface area contributed by atoms with Crippen molar-refractivity contribution in [3.8, 4) is 0 Å². The fourth-order valence-electron chi connectivity index (χ4n) is 2.50. The van der Waals surface area contributed by atoms with Crippen molar-refractivity contribution in [1.82, 2.24) is 9.88 Å². The number of hydrogen-bond donors (Lipinski definition) is 1. The first-order valence-corrected chi connectivity index (χ1v) is 6.95. The van der Waals surface area contributed by atoms with Crippen molar-refractivity contribution in [2.75, 3.05) is 6.54 Å². The Kier molecular flexibility index (Phi) is 5.86. The van der Waals surface area contributed by atoms with E-state index in [1.165, 1.54) is 31.5 Å². The Hall–Kier alpha value is -0.160. The minimum absolute atomic E-state index is 0. The predicted molar refractivity (Wildman–Crippen MR) is 75.8 cm³/mol. The van der Waals surface area contributed by atoms with Gasteiger partial charge in [0.15, 0.2) is 0 Å². The lowest BCUT2D eigenvalue weighted by Crippen LogP contribution is -2.48. The summed E-state index contributed by atoms with van der Waals surface area (Å²) in [7, 11) is 0. The van der Waals surface area contributed by atoms with E-state index in [-0.39, 0.29) is 18.4 Å². The lowest BCUT2D eigenvalue weighted by Gasteiger charge is -2.37. The van der Waals surface area contributed by atoms with Crippen molar-refractivity contribution in [2.45, 2.75) is 51.7 Å². The topological polar surface area (TPSA) is 42.2 Å². The van der Waals surface area contributed by atoms with Crippen LogP contribution in [0.5, 0.6) is 0 Å². The number of likely N-dealkylation sites (tertiary alicyclic amines) is 1. The first-order valence-electron chi connectivity index (χ1n) is 6.07. The average molecular weight is 276 g/mol. The molecule has 2 atom stereocenters. The van der Waals surface area contributed by atoms with E-state index in [0.29, 0.717) is 6.04 Å². The van der Waals surface area contributed by atoms with E-state index in [1.54, 1.807) is 11.3 Å². The van der Waals surface area contributed by atoms with Crippen LogP contribution in [0.1, 0.15) is 36.9 Å². The number of hydrogen-bond acceptors (Lipinski definition) is 4. The van der Waals surface area contributed by atoms with E-state index < -0.39 is 0 Å². The van der Waals surface area contributed by atoms with Gasteiger partial charge in [0, 0.05) is 24.0 Å². The SMILES string of the molecule is Cc1nc(CN2CCCCC2C(C)N)cs1.Cl. The molecular weight excluding hydrogens is 254 g/mol. The largest absolute Gasteiger partial charge is 0.327 e. The fourth-order valence-corrected chi connectivity index (χ4v) is 3.10. The van der Waals surface area contributed by atoms with E-state index in [4.69, 9.17) is 5.73 Å². The molecule has 0 spiro atoms. The number of aromatic nitrogens is 1. The molecule has 2 heterocycles. The molecule has 2 rings (SSSR count). The van der Waals surface area contributed by atoms with Gasteiger partial charge >= 0.3 is 0 Å². The van der Waals surface area contributed by atoms with Crippen LogP contribution in [0, 0.1) is 6.92 Å². The highest BCUT2D eigenvalue weighted by atomic mass is 35.5. The van der Waals surface area contributed by atoms with Gasteiger partial charge in [-0.05, 0) is 33.2 Å². The second-order valence-corrected chi connectivity index (χ2v) is 5.81. The van der Waals surface area contributed by atoms with Crippen molar-refractivity contribution in [3.63, 3.8) is 0 Å². The molecule has 1 fully saturated rings. The van der Waals surface area contributed by atoms with Crippen LogP contribution in [-0.2, 0) is 6.54 Å². The maximum atomic E-state index is 6.06. The lowest BCUT2D eigenvalue weighted by molar-refractivity contribution is 0.121. The molecule has 3 nitrogen and oxygen atoms in total. The van der Waals surface area contributed by atoms with Crippen molar-refractivity contribution in [3.05, 3.63) is 16.1 Å². The third kappa shape index (κ3) is 3.91. The minimum atomic E-state index is 0. The van der Waals surface area contributed by atoms with Crippen molar-refractivity contribution in [2.24, 2.45) is 5.73 Å². The first-order chi connectivity index (χ1) is 7.66. The van der Waals surface area contributed by atoms with Crippen molar-refractivity contribution >= 4 is 23.7 Å². The summed E-state index contributed by atoms with van der Waals surface area (Å²) in [6.45, 7) is 6.32. The molecule has 98 valence electrons. The summed E-state index contributed by atoms with van der Waals surface area (Å²) in [4.78, 5) is 7.04. The quantitative estimate of drug-likeness (QED) is 0.922. The van der Waals surface area contributed by atoms with Crippen LogP contribution in [0.3, 0.4) is 0 Å². The summed E-state index contributed by atoms with van der Waals surface area (Å²) in [5.74, 6) is 0. The molecule has 0 saturated carbocycles. The molecule has 17 heavy (non-hydrogen) atoms. The van der Waals surface area contributed by atoms with E-state index >= 15 is 0 Å². The first kappa shape index (κ1) is 14.9. The van der Waals surface area contributed by atoms with Gasteiger partial charge in [-0.2, -0.15) is 0 Å². The van der Waals surface area contributed by atoms with Gasteiger partial charge in [-0.1, -0.05) is 6.42 Å². The van der Waals surface area contributed by atoms with Crippen LogP contribution < -0.4 is 5.73 Å². The highest BCUT2D eigenvalue weighted by molar-refractivity contribution is 7.09. The van der Waals surface area contributed by atoms with Gasteiger partial charge in [-0.15, -0.1) is 23.7 Å². The fraction of sp³-hybridized carbons (Fsp3) is 0.750. The van der Waals surface area contributed by atoms with E-state index in [9.17, 15) is 0 Å². The van der Waals surface area contributed by atoms with Crippen LogP contribution in [0.4, 0.5) is 0 Å². The second kappa shape index (κ2) is 6.69. The predicted octanol–water partition coefficient (Wildman–Crippen LogP) is 2.58. The van der Waals surface area contributed by atoms with Gasteiger partial charge in [0.05, 0.1) is 10.7 Å². The smallest absolute Gasteiger partial charge is 0.0897 e. The second-order valence-electron chi connectivity index (χ2n) is 4.75. The molecule has 1 aromatic rings. The molecule has 1 saturated heterocycles. The molecule has 0 bridgehead atoms. The zero-order valence-corrected chi connectivity index (χ0v) is 12.2. The summed E-state index contributed by atoms with van der Waals surface area (Å²) in [5.41, 5.74) is 7.26. The molecule has 0 radical (unpaired) electrons. The summed E-state index contributed by atoms with van der Waals surface area (Å²) in [6, 6.07) is 0.802. The molecule has 1 aromatic heterocycles. The van der Waals surface area contributed by atoms with Gasteiger partial charge in [0.1, 0.15) is 0 Å². The Morgan fingerprint density at radius 2 is 2.35 bits per heavy atom. The summed E-state index contributed by atoms with van der Waals surface area (Å²) in [6.07, 6.45) is 3.85. The third-order valence-corrected chi connectivity index (χ3v) is 4.13. The molecule has 0 amide bonds. The molecule has 2 unspecified atom stereocenters. The number of piperidine rings is 1. The molecule has 1 aliphatic heterocycles. The minimum Gasteiger partial charge on any atom is -0.327 e. The van der Waals surface area contributed by atoms with Gasteiger partial charge in [-0.3, -0.25) is 4.90 Å². The molecule has 0 aromatic carbocycles. The molecular formula is C12H22ClN3S. The molecule has 5 heteroatoms. The Balaban J connectivity index is 0.00000144. The number of aryl methyl sites for hydroxylation is 1. The van der Waals surface area contributed by atoms with Gasteiger partial charge < -0.3 is 5.73 Å². The number of rotatable bonds is 3. The number of halogens is 1. The zero-order chi connectivity index (χ0) is 11.5. The van der Waals surface area contributed by atoms with E-state index in [0.717, 1.165) is 11.6 Å². The summed E-state index contributed by atoms with van der Waals surface area (Å²) < 4.78 is 0. The van der Waals surface area contributed by atoms with Crippen LogP contribution >= 0.6 is 23.7 Å². The maximum Gasteiger partial charge on any atom is 0.0897 e. The third-order valence-electron chi connectivity index (χ3n) is 3.30. The zero-order valence-electron chi connectivity index (χ0n) is 10.6. The molecule has 0 aliphatic carbocycles. The normalized spacial score (nSPS) is 23.1. The molecule has 2 N–H and O–H groups in total. The Bertz CT molecular complexity index is 340.